The van der Waals surface area contributed by atoms with E-state index in [1.165, 1.54) is 6.07 Å². The summed E-state index contributed by atoms with van der Waals surface area (Å²) in [5.41, 5.74) is 0.637. The molecule has 0 bridgehead atoms. The van der Waals surface area contributed by atoms with Crippen LogP contribution in [0.25, 0.3) is 0 Å². The van der Waals surface area contributed by atoms with E-state index >= 15 is 0 Å². The van der Waals surface area contributed by atoms with Crippen molar-refractivity contribution in [2.24, 2.45) is 0 Å². The minimum absolute atomic E-state index is 0.0775. The number of nitrogens with one attached hydrogen (secondary N) is 1. The molecule has 0 saturated carbocycles. The summed E-state index contributed by atoms with van der Waals surface area (Å²) in [5, 5.41) is 22.8. The molecule has 0 heterocycles. The van der Waals surface area contributed by atoms with Crippen LogP contribution >= 0.6 is 0 Å². The van der Waals surface area contributed by atoms with E-state index < -0.39 is 4.92 Å². The number of hydrogen-bond donors (Lipinski definition) is 1. The van der Waals surface area contributed by atoms with E-state index in [-0.39, 0.29) is 17.8 Å². The highest BCUT2D eigenvalue weighted by Gasteiger charge is 2.12. The quantitative estimate of drug-likeness (QED) is 0.611. The van der Waals surface area contributed by atoms with Gasteiger partial charge >= 0.3 is 0 Å². The first-order chi connectivity index (χ1) is 9.43. The average molecular weight is 277 g/mol. The Labute approximate surface area is 118 Å². The van der Waals surface area contributed by atoms with Crippen molar-refractivity contribution in [3.63, 3.8) is 0 Å². The first kappa shape index (κ1) is 15.9. The van der Waals surface area contributed by atoms with Crippen LogP contribution in [0.5, 0.6) is 5.75 Å². The highest BCUT2D eigenvalue weighted by molar-refractivity contribution is 5.44. The van der Waals surface area contributed by atoms with Gasteiger partial charge in [-0.25, -0.2) is 0 Å². The number of nitro groups is 1. The second kappa shape index (κ2) is 7.46. The van der Waals surface area contributed by atoms with Crippen molar-refractivity contribution in [1.82, 2.24) is 5.32 Å². The molecule has 1 atom stereocenters. The van der Waals surface area contributed by atoms with Crippen LogP contribution in [0.15, 0.2) is 18.2 Å². The molecule has 0 aliphatic carbocycles. The maximum atomic E-state index is 10.7. The fraction of sp³-hybridized carbons (Fsp3) is 0.500. The van der Waals surface area contributed by atoms with Crippen molar-refractivity contribution in [1.29, 1.82) is 5.26 Å². The van der Waals surface area contributed by atoms with Gasteiger partial charge in [0.25, 0.3) is 5.69 Å². The van der Waals surface area contributed by atoms with Gasteiger partial charge < -0.3 is 4.74 Å². The lowest BCUT2D eigenvalue weighted by Crippen LogP contribution is -2.34. The third-order valence-electron chi connectivity index (χ3n) is 2.73. The number of aryl methyl sites for hydroxylation is 1. The normalized spacial score (nSPS) is 11.9. The van der Waals surface area contributed by atoms with E-state index in [0.29, 0.717) is 24.3 Å². The first-order valence-corrected chi connectivity index (χ1v) is 6.47. The molecule has 0 saturated heterocycles. The fourth-order valence-electron chi connectivity index (χ4n) is 1.80. The Hall–Kier alpha value is -2.13. The van der Waals surface area contributed by atoms with Crippen LogP contribution in [-0.2, 0) is 0 Å². The van der Waals surface area contributed by atoms with Gasteiger partial charge in [-0.1, -0.05) is 0 Å². The Morgan fingerprint density at radius 3 is 2.70 bits per heavy atom. The summed E-state index contributed by atoms with van der Waals surface area (Å²) in [6, 6.07) is 6.79. The molecule has 6 heteroatoms. The zero-order valence-corrected chi connectivity index (χ0v) is 11.9. The fourth-order valence-corrected chi connectivity index (χ4v) is 1.80. The van der Waals surface area contributed by atoms with Crippen molar-refractivity contribution in [2.45, 2.75) is 39.3 Å². The van der Waals surface area contributed by atoms with Gasteiger partial charge in [-0.2, -0.15) is 5.26 Å². The van der Waals surface area contributed by atoms with Crippen LogP contribution in [-0.4, -0.2) is 23.6 Å². The Bertz CT molecular complexity index is 509. The molecule has 20 heavy (non-hydrogen) atoms. The molecule has 0 radical (unpaired) electrons. The minimum atomic E-state index is -0.419. The summed E-state index contributed by atoms with van der Waals surface area (Å²) in [4.78, 5) is 10.3. The number of nitriles is 1. The second-order valence-electron chi connectivity index (χ2n) is 4.85. The summed E-state index contributed by atoms with van der Waals surface area (Å²) >= 11 is 0. The van der Waals surface area contributed by atoms with Gasteiger partial charge in [-0.3, -0.25) is 15.4 Å². The molecule has 0 amide bonds. The van der Waals surface area contributed by atoms with Crippen LogP contribution in [0.1, 0.15) is 25.8 Å². The third-order valence-corrected chi connectivity index (χ3v) is 2.73. The van der Waals surface area contributed by atoms with Crippen molar-refractivity contribution >= 4 is 5.69 Å². The second-order valence-corrected chi connectivity index (χ2v) is 4.85. The summed E-state index contributed by atoms with van der Waals surface area (Å²) in [6.07, 6.45) is 0.560. The lowest BCUT2D eigenvalue weighted by molar-refractivity contribution is -0.385. The van der Waals surface area contributed by atoms with Crippen LogP contribution in [0, 0.1) is 28.4 Å². The predicted molar refractivity (Wildman–Crippen MR) is 75.6 cm³/mol. The molecule has 1 unspecified atom stereocenters. The van der Waals surface area contributed by atoms with Gasteiger partial charge in [-0.05, 0) is 32.9 Å². The van der Waals surface area contributed by atoms with Crippen LogP contribution in [0.3, 0.4) is 0 Å². The van der Waals surface area contributed by atoms with E-state index in [0.717, 1.165) is 0 Å². The average Bonchev–Trinajstić information content (AvgIpc) is 2.36. The molecule has 0 aliphatic rings. The predicted octanol–water partition coefficient (Wildman–Crippen LogP) is 2.56. The molecule has 1 aromatic carbocycles. The Morgan fingerprint density at radius 1 is 1.50 bits per heavy atom. The maximum absolute atomic E-state index is 10.7. The SMILES string of the molecule is Cc1cc(OCCC(C#N)NC(C)C)ccc1[N+](=O)[O-]. The van der Waals surface area contributed by atoms with E-state index in [1.807, 2.05) is 13.8 Å². The molecule has 0 aliphatic heterocycles. The van der Waals surface area contributed by atoms with E-state index in [4.69, 9.17) is 10.00 Å². The van der Waals surface area contributed by atoms with Gasteiger partial charge in [0, 0.05) is 24.1 Å². The van der Waals surface area contributed by atoms with E-state index in [9.17, 15) is 10.1 Å². The van der Waals surface area contributed by atoms with Gasteiger partial charge in [0.15, 0.2) is 0 Å². The number of benzene rings is 1. The lowest BCUT2D eigenvalue weighted by Gasteiger charge is -2.14. The van der Waals surface area contributed by atoms with Crippen molar-refractivity contribution < 1.29 is 9.66 Å². The van der Waals surface area contributed by atoms with Gasteiger partial charge in [0.05, 0.1) is 23.6 Å². The highest BCUT2D eigenvalue weighted by Crippen LogP contribution is 2.23. The van der Waals surface area contributed by atoms with E-state index in [2.05, 4.69) is 11.4 Å². The Balaban J connectivity index is 2.52. The molecular formula is C14H19N3O3. The number of rotatable bonds is 7. The van der Waals surface area contributed by atoms with Crippen LogP contribution < -0.4 is 10.1 Å². The zero-order chi connectivity index (χ0) is 15.1. The molecule has 0 spiro atoms. The van der Waals surface area contributed by atoms with Crippen LogP contribution in [0.2, 0.25) is 0 Å². The molecular weight excluding hydrogens is 258 g/mol. The number of nitro benzene ring substituents is 1. The smallest absolute Gasteiger partial charge is 0.272 e. The summed E-state index contributed by atoms with van der Waals surface area (Å²) in [7, 11) is 0. The minimum Gasteiger partial charge on any atom is -0.493 e. The highest BCUT2D eigenvalue weighted by atomic mass is 16.6. The van der Waals surface area contributed by atoms with E-state index in [1.54, 1.807) is 19.1 Å². The molecule has 0 fully saturated rings. The molecule has 1 N–H and O–H groups in total. The molecule has 6 nitrogen and oxygen atoms in total. The summed E-state index contributed by atoms with van der Waals surface area (Å²) in [5.74, 6) is 0.578. The summed E-state index contributed by atoms with van der Waals surface area (Å²) < 4.78 is 5.52. The molecule has 1 rings (SSSR count). The lowest BCUT2D eigenvalue weighted by atomic mass is 10.2. The van der Waals surface area contributed by atoms with Crippen molar-refractivity contribution in [3.8, 4) is 11.8 Å². The van der Waals surface area contributed by atoms with Crippen LogP contribution in [0.4, 0.5) is 5.69 Å². The standard InChI is InChI=1S/C14H19N3O3/c1-10(2)16-12(9-15)6-7-20-13-4-5-14(17(18)19)11(3)8-13/h4-5,8,10,12,16H,6-7H2,1-3H3. The van der Waals surface area contributed by atoms with Gasteiger partial charge in [-0.15, -0.1) is 0 Å². The van der Waals surface area contributed by atoms with Gasteiger partial charge in [0.1, 0.15) is 5.75 Å². The number of nitrogens with zero attached hydrogens (tertiary/aromatic N) is 2. The largest absolute Gasteiger partial charge is 0.493 e. The molecule has 108 valence electrons. The maximum Gasteiger partial charge on any atom is 0.272 e. The number of ether oxygens (including phenoxy) is 1. The Kier molecular flexibility index (Phi) is 5.94. The molecule has 0 aromatic heterocycles. The topological polar surface area (TPSA) is 88.2 Å². The third kappa shape index (κ3) is 4.86. The van der Waals surface area contributed by atoms with Crippen molar-refractivity contribution in [2.75, 3.05) is 6.61 Å². The van der Waals surface area contributed by atoms with Crippen molar-refractivity contribution in [3.05, 3.63) is 33.9 Å². The van der Waals surface area contributed by atoms with Gasteiger partial charge in [0.2, 0.25) is 0 Å². The number of hydrogen-bond acceptors (Lipinski definition) is 5. The first-order valence-electron chi connectivity index (χ1n) is 6.47. The Morgan fingerprint density at radius 2 is 2.20 bits per heavy atom. The zero-order valence-electron chi connectivity index (χ0n) is 11.9. The monoisotopic (exact) mass is 277 g/mol. The summed E-state index contributed by atoms with van der Waals surface area (Å²) in [6.45, 7) is 6.01. The molecule has 1 aromatic rings.